The summed E-state index contributed by atoms with van der Waals surface area (Å²) in [6.45, 7) is 1.04. The molecule has 112 valence electrons. The molecule has 0 unspecified atom stereocenters. The number of amidine groups is 1. The molecule has 1 heterocycles. The molecule has 0 atom stereocenters. The number of aromatic nitrogens is 2. The lowest BCUT2D eigenvalue weighted by molar-refractivity contribution is 0.318. The first kappa shape index (κ1) is 15.0. The van der Waals surface area contributed by atoms with Crippen LogP contribution in [0.25, 0.3) is 0 Å². The normalized spacial score (nSPS) is 11.8. The van der Waals surface area contributed by atoms with Crippen molar-refractivity contribution in [3.05, 3.63) is 53.4 Å². The van der Waals surface area contributed by atoms with Gasteiger partial charge in [0.1, 0.15) is 11.6 Å². The van der Waals surface area contributed by atoms with E-state index in [-0.39, 0.29) is 11.4 Å². The summed E-state index contributed by atoms with van der Waals surface area (Å²) in [5.74, 6) is 0.257. The zero-order valence-corrected chi connectivity index (χ0v) is 11.8. The van der Waals surface area contributed by atoms with Crippen LogP contribution in [0.2, 0.25) is 0 Å². The van der Waals surface area contributed by atoms with Gasteiger partial charge in [0, 0.05) is 44.5 Å². The Labute approximate surface area is 122 Å². The standard InChI is InChI=1S/C14H18FN5O/c1-20-8-7-18-12(20)5-6-17-9-10-3-2-4-11(13(10)15)14(16)19-21/h2-4,7-8,17,21H,5-6,9H2,1H3,(H2,16,19). The second-order valence-electron chi connectivity index (χ2n) is 4.65. The molecule has 1 aromatic heterocycles. The van der Waals surface area contributed by atoms with Gasteiger partial charge in [0.25, 0.3) is 0 Å². The first-order chi connectivity index (χ1) is 10.1. The van der Waals surface area contributed by atoms with Crippen LogP contribution in [0.5, 0.6) is 0 Å². The highest BCUT2D eigenvalue weighted by molar-refractivity contribution is 5.97. The SMILES string of the molecule is Cn1ccnc1CCNCc1cccc(/C(N)=N/O)c1F. The Bertz CT molecular complexity index is 638. The molecule has 0 bridgehead atoms. The van der Waals surface area contributed by atoms with Crippen molar-refractivity contribution < 1.29 is 9.60 Å². The van der Waals surface area contributed by atoms with Crippen molar-refractivity contribution >= 4 is 5.84 Å². The van der Waals surface area contributed by atoms with Gasteiger partial charge in [-0.3, -0.25) is 0 Å². The third kappa shape index (κ3) is 3.57. The van der Waals surface area contributed by atoms with Gasteiger partial charge in [-0.05, 0) is 6.07 Å². The minimum atomic E-state index is -0.475. The highest BCUT2D eigenvalue weighted by atomic mass is 19.1. The fourth-order valence-corrected chi connectivity index (χ4v) is 2.03. The fourth-order valence-electron chi connectivity index (χ4n) is 2.03. The minimum absolute atomic E-state index is 0.0981. The van der Waals surface area contributed by atoms with Crippen molar-refractivity contribution in [2.24, 2.45) is 17.9 Å². The number of hydrogen-bond donors (Lipinski definition) is 3. The summed E-state index contributed by atoms with van der Waals surface area (Å²) < 4.78 is 16.1. The van der Waals surface area contributed by atoms with Gasteiger partial charge in [-0.1, -0.05) is 17.3 Å². The summed E-state index contributed by atoms with van der Waals surface area (Å²) in [5, 5.41) is 14.6. The lowest BCUT2D eigenvalue weighted by atomic mass is 10.1. The van der Waals surface area contributed by atoms with Crippen LogP contribution in [-0.2, 0) is 20.0 Å². The Morgan fingerprint density at radius 1 is 1.52 bits per heavy atom. The van der Waals surface area contributed by atoms with E-state index in [0.29, 0.717) is 18.7 Å². The molecule has 7 heteroatoms. The third-order valence-corrected chi connectivity index (χ3v) is 3.22. The number of oxime groups is 1. The van der Waals surface area contributed by atoms with Gasteiger partial charge in [0.05, 0.1) is 5.56 Å². The topological polar surface area (TPSA) is 88.5 Å². The Morgan fingerprint density at radius 2 is 2.33 bits per heavy atom. The molecule has 1 aromatic carbocycles. The van der Waals surface area contributed by atoms with Crippen LogP contribution >= 0.6 is 0 Å². The molecule has 4 N–H and O–H groups in total. The Kier molecular flexibility index (Phi) is 4.89. The largest absolute Gasteiger partial charge is 0.409 e. The Hall–Kier alpha value is -2.41. The van der Waals surface area contributed by atoms with E-state index < -0.39 is 5.82 Å². The lowest BCUT2D eigenvalue weighted by Gasteiger charge is -2.09. The van der Waals surface area contributed by atoms with Crippen LogP contribution in [0.3, 0.4) is 0 Å². The van der Waals surface area contributed by atoms with Gasteiger partial charge in [-0.2, -0.15) is 0 Å². The van der Waals surface area contributed by atoms with E-state index in [1.54, 1.807) is 18.3 Å². The van der Waals surface area contributed by atoms with Gasteiger partial charge in [-0.15, -0.1) is 0 Å². The summed E-state index contributed by atoms with van der Waals surface area (Å²) >= 11 is 0. The molecular formula is C14H18FN5O. The minimum Gasteiger partial charge on any atom is -0.409 e. The van der Waals surface area contributed by atoms with Crippen molar-refractivity contribution in [1.82, 2.24) is 14.9 Å². The van der Waals surface area contributed by atoms with Crippen LogP contribution in [-0.4, -0.2) is 27.1 Å². The fraction of sp³-hybridized carbons (Fsp3) is 0.286. The molecule has 0 saturated carbocycles. The number of aryl methyl sites for hydroxylation is 1. The van der Waals surface area contributed by atoms with E-state index in [1.165, 1.54) is 6.07 Å². The van der Waals surface area contributed by atoms with Crippen molar-refractivity contribution in [2.45, 2.75) is 13.0 Å². The second kappa shape index (κ2) is 6.85. The number of nitrogens with two attached hydrogens (primary N) is 1. The van der Waals surface area contributed by atoms with Crippen LogP contribution in [0, 0.1) is 5.82 Å². The quantitative estimate of drug-likeness (QED) is 0.243. The van der Waals surface area contributed by atoms with Crippen LogP contribution in [0.1, 0.15) is 17.0 Å². The molecule has 0 saturated heterocycles. The molecule has 2 aromatic rings. The summed E-state index contributed by atoms with van der Waals surface area (Å²) in [7, 11) is 1.93. The van der Waals surface area contributed by atoms with Gasteiger partial charge in [0.15, 0.2) is 5.84 Å². The van der Waals surface area contributed by atoms with E-state index >= 15 is 0 Å². The average molecular weight is 291 g/mol. The maximum Gasteiger partial charge on any atom is 0.173 e. The molecular weight excluding hydrogens is 273 g/mol. The number of halogens is 1. The zero-order chi connectivity index (χ0) is 15.2. The highest BCUT2D eigenvalue weighted by Crippen LogP contribution is 2.12. The maximum absolute atomic E-state index is 14.1. The zero-order valence-electron chi connectivity index (χ0n) is 11.8. The molecule has 0 spiro atoms. The number of rotatable bonds is 6. The number of nitrogens with zero attached hydrogens (tertiary/aromatic N) is 3. The smallest absolute Gasteiger partial charge is 0.173 e. The highest BCUT2D eigenvalue weighted by Gasteiger charge is 2.11. The van der Waals surface area contributed by atoms with Crippen molar-refractivity contribution in [3.8, 4) is 0 Å². The molecule has 0 aliphatic carbocycles. The average Bonchev–Trinajstić information content (AvgIpc) is 2.89. The van der Waals surface area contributed by atoms with Crippen LogP contribution in [0.15, 0.2) is 35.7 Å². The van der Waals surface area contributed by atoms with Crippen LogP contribution < -0.4 is 11.1 Å². The van der Waals surface area contributed by atoms with Gasteiger partial charge in [-0.25, -0.2) is 9.37 Å². The number of imidazole rings is 1. The maximum atomic E-state index is 14.1. The first-order valence-electron chi connectivity index (χ1n) is 6.55. The number of hydrogen-bond acceptors (Lipinski definition) is 4. The summed E-state index contributed by atoms with van der Waals surface area (Å²) in [6, 6.07) is 4.81. The molecule has 0 aliphatic rings. The summed E-state index contributed by atoms with van der Waals surface area (Å²) in [5.41, 5.74) is 6.00. The van der Waals surface area contributed by atoms with Crippen molar-refractivity contribution in [2.75, 3.05) is 6.54 Å². The van der Waals surface area contributed by atoms with Crippen molar-refractivity contribution in [1.29, 1.82) is 0 Å². The van der Waals surface area contributed by atoms with E-state index in [1.807, 2.05) is 17.8 Å². The third-order valence-electron chi connectivity index (χ3n) is 3.22. The summed E-state index contributed by atoms with van der Waals surface area (Å²) in [6.07, 6.45) is 4.38. The predicted molar refractivity (Wildman–Crippen MR) is 77.5 cm³/mol. The monoisotopic (exact) mass is 291 g/mol. The molecule has 0 amide bonds. The lowest BCUT2D eigenvalue weighted by Crippen LogP contribution is -2.21. The van der Waals surface area contributed by atoms with Crippen LogP contribution in [0.4, 0.5) is 4.39 Å². The number of benzene rings is 1. The van der Waals surface area contributed by atoms with Gasteiger partial charge >= 0.3 is 0 Å². The predicted octanol–water partition coefficient (Wildman–Crippen LogP) is 0.986. The second-order valence-corrected chi connectivity index (χ2v) is 4.65. The Balaban J connectivity index is 1.93. The van der Waals surface area contributed by atoms with E-state index in [0.717, 1.165) is 12.2 Å². The molecule has 6 nitrogen and oxygen atoms in total. The van der Waals surface area contributed by atoms with Gasteiger partial charge in [0.2, 0.25) is 0 Å². The first-order valence-corrected chi connectivity index (χ1v) is 6.55. The molecule has 0 radical (unpaired) electrons. The molecule has 21 heavy (non-hydrogen) atoms. The molecule has 2 rings (SSSR count). The van der Waals surface area contributed by atoms with Crippen molar-refractivity contribution in [3.63, 3.8) is 0 Å². The number of nitrogens with one attached hydrogen (secondary N) is 1. The summed E-state index contributed by atoms with van der Waals surface area (Å²) in [4.78, 5) is 4.22. The van der Waals surface area contributed by atoms with Gasteiger partial charge < -0.3 is 20.8 Å². The Morgan fingerprint density at radius 3 is 3.00 bits per heavy atom. The van der Waals surface area contributed by atoms with E-state index in [9.17, 15) is 4.39 Å². The van der Waals surface area contributed by atoms with E-state index in [2.05, 4.69) is 15.5 Å². The molecule has 0 aliphatic heterocycles. The molecule has 0 fully saturated rings. The van der Waals surface area contributed by atoms with E-state index in [4.69, 9.17) is 10.9 Å².